The molecule has 0 saturated heterocycles. The summed E-state index contributed by atoms with van der Waals surface area (Å²) < 4.78 is 1.81. The number of hydrogen-bond donors (Lipinski definition) is 1. The standard InChI is InChI=1S/C17H12N2O2/c1-19-13-9-5-3-7-11(13)17(21)15(19)14-16(20)10-6-2-4-8-12(10)18-14/h2-9,21H,1H3. The third-order valence-corrected chi connectivity index (χ3v) is 3.90. The van der Waals surface area contributed by atoms with Gasteiger partial charge in [0.05, 0.1) is 11.2 Å². The molecule has 0 aliphatic carbocycles. The van der Waals surface area contributed by atoms with Gasteiger partial charge < -0.3 is 9.67 Å². The van der Waals surface area contributed by atoms with E-state index in [2.05, 4.69) is 4.99 Å². The number of aromatic nitrogens is 1. The van der Waals surface area contributed by atoms with Gasteiger partial charge in [-0.3, -0.25) is 4.79 Å². The van der Waals surface area contributed by atoms with E-state index in [9.17, 15) is 9.90 Å². The Morgan fingerprint density at radius 1 is 1.05 bits per heavy atom. The van der Waals surface area contributed by atoms with Crippen LogP contribution in [0.15, 0.2) is 53.5 Å². The maximum atomic E-state index is 12.5. The summed E-state index contributed by atoms with van der Waals surface area (Å²) in [5.41, 5.74) is 2.88. The number of carbonyl (C=O) groups is 1. The fourth-order valence-corrected chi connectivity index (χ4v) is 2.87. The van der Waals surface area contributed by atoms with Crippen LogP contribution in [0.4, 0.5) is 5.69 Å². The number of carbonyl (C=O) groups excluding carboxylic acids is 1. The largest absolute Gasteiger partial charge is 0.505 e. The number of para-hydroxylation sites is 2. The second-order valence-corrected chi connectivity index (χ2v) is 5.08. The molecule has 102 valence electrons. The molecule has 21 heavy (non-hydrogen) atoms. The lowest BCUT2D eigenvalue weighted by Gasteiger charge is -2.03. The van der Waals surface area contributed by atoms with Gasteiger partial charge in [0, 0.05) is 18.0 Å². The van der Waals surface area contributed by atoms with E-state index >= 15 is 0 Å². The summed E-state index contributed by atoms with van der Waals surface area (Å²) in [6, 6.07) is 14.7. The number of benzene rings is 2. The number of nitrogens with zero attached hydrogens (tertiary/aromatic N) is 2. The van der Waals surface area contributed by atoms with E-state index in [1.165, 1.54) is 0 Å². The first-order chi connectivity index (χ1) is 10.2. The van der Waals surface area contributed by atoms with Crippen LogP contribution in [0.5, 0.6) is 5.75 Å². The summed E-state index contributed by atoms with van der Waals surface area (Å²) in [5, 5.41) is 11.2. The molecule has 0 bridgehead atoms. The van der Waals surface area contributed by atoms with Crippen molar-refractivity contribution in [1.29, 1.82) is 0 Å². The van der Waals surface area contributed by atoms with Crippen LogP contribution in [0, 0.1) is 0 Å². The van der Waals surface area contributed by atoms with Crippen molar-refractivity contribution in [3.8, 4) is 5.75 Å². The summed E-state index contributed by atoms with van der Waals surface area (Å²) >= 11 is 0. The fraction of sp³-hybridized carbons (Fsp3) is 0.0588. The Bertz CT molecular complexity index is 896. The highest BCUT2D eigenvalue weighted by Gasteiger charge is 2.30. The maximum absolute atomic E-state index is 12.5. The molecule has 0 spiro atoms. The molecule has 3 aromatic rings. The number of ketones is 1. The summed E-state index contributed by atoms with van der Waals surface area (Å²) in [7, 11) is 1.83. The summed E-state index contributed by atoms with van der Waals surface area (Å²) in [4.78, 5) is 16.9. The lowest BCUT2D eigenvalue weighted by Crippen LogP contribution is -2.14. The second kappa shape index (κ2) is 4.06. The molecular weight excluding hydrogens is 264 g/mol. The molecule has 0 fully saturated rings. The van der Waals surface area contributed by atoms with Gasteiger partial charge in [0.15, 0.2) is 5.75 Å². The van der Waals surface area contributed by atoms with Gasteiger partial charge in [0.25, 0.3) is 0 Å². The van der Waals surface area contributed by atoms with Crippen LogP contribution in [0.2, 0.25) is 0 Å². The molecule has 1 aliphatic rings. The lowest BCUT2D eigenvalue weighted by molar-refractivity contribution is 0.106. The highest BCUT2D eigenvalue weighted by Crippen LogP contribution is 2.36. The Balaban J connectivity index is 2.00. The van der Waals surface area contributed by atoms with Crippen LogP contribution in [0.3, 0.4) is 0 Å². The summed E-state index contributed by atoms with van der Waals surface area (Å²) in [5.74, 6) is -0.0418. The zero-order valence-corrected chi connectivity index (χ0v) is 11.4. The smallest absolute Gasteiger partial charge is 0.215 e. The van der Waals surface area contributed by atoms with Crippen molar-refractivity contribution in [3.63, 3.8) is 0 Å². The molecule has 4 heteroatoms. The predicted octanol–water partition coefficient (Wildman–Crippen LogP) is 3.20. The van der Waals surface area contributed by atoms with Crippen LogP contribution >= 0.6 is 0 Å². The first-order valence-electron chi connectivity index (χ1n) is 6.67. The minimum Gasteiger partial charge on any atom is -0.505 e. The highest BCUT2D eigenvalue weighted by molar-refractivity contribution is 6.55. The average Bonchev–Trinajstić information content (AvgIpc) is 2.96. The zero-order valence-electron chi connectivity index (χ0n) is 11.4. The van der Waals surface area contributed by atoms with Gasteiger partial charge in [-0.15, -0.1) is 0 Å². The minimum atomic E-state index is -0.146. The van der Waals surface area contributed by atoms with Gasteiger partial charge in [-0.25, -0.2) is 4.99 Å². The molecule has 1 aromatic heterocycles. The topological polar surface area (TPSA) is 54.6 Å². The van der Waals surface area contributed by atoms with E-state index in [-0.39, 0.29) is 11.5 Å². The molecule has 4 rings (SSSR count). The third kappa shape index (κ3) is 1.50. The van der Waals surface area contributed by atoms with Crippen molar-refractivity contribution >= 4 is 28.1 Å². The summed E-state index contributed by atoms with van der Waals surface area (Å²) in [6.07, 6.45) is 0. The number of rotatable bonds is 1. The van der Waals surface area contributed by atoms with Gasteiger partial charge in [-0.1, -0.05) is 24.3 Å². The third-order valence-electron chi connectivity index (χ3n) is 3.90. The first-order valence-corrected chi connectivity index (χ1v) is 6.67. The van der Waals surface area contributed by atoms with Gasteiger partial charge in [-0.05, 0) is 24.3 Å². The number of aromatic hydroxyl groups is 1. The molecule has 0 atom stereocenters. The van der Waals surface area contributed by atoms with Crippen LogP contribution < -0.4 is 0 Å². The van der Waals surface area contributed by atoms with Gasteiger partial charge in [0.2, 0.25) is 5.78 Å². The molecule has 0 saturated carbocycles. The van der Waals surface area contributed by atoms with E-state index in [4.69, 9.17) is 0 Å². The molecular formula is C17H12N2O2. The fourth-order valence-electron chi connectivity index (χ4n) is 2.87. The van der Waals surface area contributed by atoms with Crippen LogP contribution in [-0.4, -0.2) is 21.2 Å². The SMILES string of the molecule is Cn1c(C2=Nc3ccccc3C2=O)c(O)c2ccccc21. The number of aliphatic imine (C=N–C) groups is 1. The molecule has 0 unspecified atom stereocenters. The lowest BCUT2D eigenvalue weighted by atomic mass is 10.1. The predicted molar refractivity (Wildman–Crippen MR) is 81.6 cm³/mol. The van der Waals surface area contributed by atoms with Crippen molar-refractivity contribution in [2.45, 2.75) is 0 Å². The Labute approximate surface area is 121 Å². The Morgan fingerprint density at radius 2 is 1.76 bits per heavy atom. The highest BCUT2D eigenvalue weighted by atomic mass is 16.3. The van der Waals surface area contributed by atoms with Crippen molar-refractivity contribution in [1.82, 2.24) is 4.57 Å². The zero-order chi connectivity index (χ0) is 14.6. The molecule has 0 amide bonds. The van der Waals surface area contributed by atoms with E-state index in [0.29, 0.717) is 22.7 Å². The Morgan fingerprint density at radius 3 is 2.52 bits per heavy atom. The van der Waals surface area contributed by atoms with E-state index in [1.54, 1.807) is 12.1 Å². The van der Waals surface area contributed by atoms with Crippen molar-refractivity contribution < 1.29 is 9.90 Å². The maximum Gasteiger partial charge on any atom is 0.215 e. The van der Waals surface area contributed by atoms with Gasteiger partial charge in [-0.2, -0.15) is 0 Å². The number of hydrogen-bond acceptors (Lipinski definition) is 3. The molecule has 0 radical (unpaired) electrons. The Hall–Kier alpha value is -2.88. The molecule has 4 nitrogen and oxygen atoms in total. The first kappa shape index (κ1) is 11.9. The van der Waals surface area contributed by atoms with Crippen molar-refractivity contribution in [2.75, 3.05) is 0 Å². The van der Waals surface area contributed by atoms with Crippen molar-refractivity contribution in [3.05, 3.63) is 59.8 Å². The molecule has 2 aromatic carbocycles. The Kier molecular flexibility index (Phi) is 2.30. The van der Waals surface area contributed by atoms with E-state index < -0.39 is 0 Å². The monoisotopic (exact) mass is 276 g/mol. The quantitative estimate of drug-likeness (QED) is 0.742. The van der Waals surface area contributed by atoms with Gasteiger partial charge >= 0.3 is 0 Å². The number of fused-ring (bicyclic) bond motifs is 2. The summed E-state index contributed by atoms with van der Waals surface area (Å²) in [6.45, 7) is 0. The number of Topliss-reactive ketones (excluding diaryl/α,β-unsaturated/α-hetero) is 1. The van der Waals surface area contributed by atoms with E-state index in [0.717, 1.165) is 10.9 Å². The molecule has 1 aliphatic heterocycles. The van der Waals surface area contributed by atoms with Gasteiger partial charge in [0.1, 0.15) is 11.4 Å². The number of aryl methyl sites for hydroxylation is 1. The van der Waals surface area contributed by atoms with Crippen LogP contribution in [0.1, 0.15) is 16.1 Å². The minimum absolute atomic E-state index is 0.105. The van der Waals surface area contributed by atoms with E-state index in [1.807, 2.05) is 48.0 Å². The molecule has 2 heterocycles. The van der Waals surface area contributed by atoms with Crippen LogP contribution in [0.25, 0.3) is 10.9 Å². The average molecular weight is 276 g/mol. The van der Waals surface area contributed by atoms with Crippen LogP contribution in [-0.2, 0) is 7.05 Å². The van der Waals surface area contributed by atoms with Crippen molar-refractivity contribution in [2.24, 2.45) is 12.0 Å². The second-order valence-electron chi connectivity index (χ2n) is 5.08. The molecule has 1 N–H and O–H groups in total. The normalized spacial score (nSPS) is 13.6.